The monoisotopic (exact) mass is 304 g/mol. The summed E-state index contributed by atoms with van der Waals surface area (Å²) in [6, 6.07) is 6.96. The predicted molar refractivity (Wildman–Crippen MR) is 80.1 cm³/mol. The van der Waals surface area contributed by atoms with Crippen molar-refractivity contribution in [3.05, 3.63) is 35.4 Å². The average Bonchev–Trinajstić information content (AvgIpc) is 2.44. The molecule has 1 aliphatic carbocycles. The SMILES string of the molecule is CCNC(=O)c1ccc(CNC(=O)C2CCC2C(=O)O)cc1. The Kier molecular flexibility index (Phi) is 5.14. The van der Waals surface area contributed by atoms with E-state index in [-0.39, 0.29) is 11.8 Å². The Morgan fingerprint density at radius 1 is 1.09 bits per heavy atom. The highest BCUT2D eigenvalue weighted by Crippen LogP contribution is 2.34. The Morgan fingerprint density at radius 3 is 2.23 bits per heavy atom. The van der Waals surface area contributed by atoms with Gasteiger partial charge in [0.05, 0.1) is 11.8 Å². The van der Waals surface area contributed by atoms with E-state index in [4.69, 9.17) is 5.11 Å². The lowest BCUT2D eigenvalue weighted by molar-refractivity contribution is -0.152. The molecule has 0 aromatic heterocycles. The first-order chi connectivity index (χ1) is 10.5. The Morgan fingerprint density at radius 2 is 1.73 bits per heavy atom. The fraction of sp³-hybridized carbons (Fsp3) is 0.438. The van der Waals surface area contributed by atoms with E-state index in [1.165, 1.54) is 0 Å². The molecule has 0 spiro atoms. The molecule has 0 radical (unpaired) electrons. The van der Waals surface area contributed by atoms with Crippen LogP contribution in [0.15, 0.2) is 24.3 Å². The fourth-order valence-corrected chi connectivity index (χ4v) is 2.47. The number of carbonyl (C=O) groups is 3. The van der Waals surface area contributed by atoms with Crippen LogP contribution < -0.4 is 10.6 Å². The smallest absolute Gasteiger partial charge is 0.307 e. The van der Waals surface area contributed by atoms with E-state index in [0.29, 0.717) is 31.5 Å². The van der Waals surface area contributed by atoms with Gasteiger partial charge in [-0.1, -0.05) is 12.1 Å². The van der Waals surface area contributed by atoms with Gasteiger partial charge in [0.25, 0.3) is 5.91 Å². The zero-order valence-corrected chi connectivity index (χ0v) is 12.5. The van der Waals surface area contributed by atoms with Gasteiger partial charge < -0.3 is 15.7 Å². The highest BCUT2D eigenvalue weighted by Gasteiger charge is 2.41. The van der Waals surface area contributed by atoms with Crippen LogP contribution in [-0.4, -0.2) is 29.4 Å². The molecule has 6 heteroatoms. The van der Waals surface area contributed by atoms with Crippen molar-refractivity contribution in [3.8, 4) is 0 Å². The number of nitrogens with one attached hydrogen (secondary N) is 2. The van der Waals surface area contributed by atoms with Crippen molar-refractivity contribution >= 4 is 17.8 Å². The van der Waals surface area contributed by atoms with Crippen LogP contribution in [0.3, 0.4) is 0 Å². The molecule has 0 saturated heterocycles. The molecule has 1 aromatic carbocycles. The molecule has 1 aliphatic rings. The second-order valence-corrected chi connectivity index (χ2v) is 5.40. The van der Waals surface area contributed by atoms with Gasteiger partial charge in [-0.05, 0) is 37.5 Å². The van der Waals surface area contributed by atoms with Gasteiger partial charge in [-0.2, -0.15) is 0 Å². The lowest BCUT2D eigenvalue weighted by Gasteiger charge is -2.31. The number of aliphatic carboxylic acids is 1. The van der Waals surface area contributed by atoms with Gasteiger partial charge in [0.2, 0.25) is 5.91 Å². The van der Waals surface area contributed by atoms with Gasteiger partial charge in [-0.15, -0.1) is 0 Å². The number of carbonyl (C=O) groups excluding carboxylic acids is 2. The lowest BCUT2D eigenvalue weighted by atomic mass is 9.73. The zero-order chi connectivity index (χ0) is 16.1. The van der Waals surface area contributed by atoms with Crippen LogP contribution in [0.25, 0.3) is 0 Å². The van der Waals surface area contributed by atoms with Crippen LogP contribution in [0.4, 0.5) is 0 Å². The average molecular weight is 304 g/mol. The molecule has 0 heterocycles. The van der Waals surface area contributed by atoms with Gasteiger partial charge in [0.15, 0.2) is 0 Å². The van der Waals surface area contributed by atoms with Crippen molar-refractivity contribution in [2.75, 3.05) is 6.54 Å². The minimum Gasteiger partial charge on any atom is -0.481 e. The Bertz CT molecular complexity index is 568. The summed E-state index contributed by atoms with van der Waals surface area (Å²) in [5.74, 6) is -2.23. The number of benzene rings is 1. The maximum Gasteiger partial charge on any atom is 0.307 e. The van der Waals surface area contributed by atoms with E-state index in [2.05, 4.69) is 10.6 Å². The van der Waals surface area contributed by atoms with Crippen LogP contribution >= 0.6 is 0 Å². The topological polar surface area (TPSA) is 95.5 Å². The molecule has 2 atom stereocenters. The molecule has 2 amide bonds. The molecule has 1 aromatic rings. The molecule has 6 nitrogen and oxygen atoms in total. The molecular weight excluding hydrogens is 284 g/mol. The molecule has 2 unspecified atom stereocenters. The Labute approximate surface area is 128 Å². The summed E-state index contributed by atoms with van der Waals surface area (Å²) in [4.78, 5) is 34.5. The van der Waals surface area contributed by atoms with Gasteiger partial charge in [0.1, 0.15) is 0 Å². The first-order valence-corrected chi connectivity index (χ1v) is 7.40. The molecule has 3 N–H and O–H groups in total. The van der Waals surface area contributed by atoms with E-state index < -0.39 is 17.8 Å². The summed E-state index contributed by atoms with van der Waals surface area (Å²) in [7, 11) is 0. The summed E-state index contributed by atoms with van der Waals surface area (Å²) in [6.07, 6.45) is 1.19. The molecule has 0 bridgehead atoms. The number of amides is 2. The van der Waals surface area contributed by atoms with E-state index in [0.717, 1.165) is 5.56 Å². The quantitative estimate of drug-likeness (QED) is 0.735. The van der Waals surface area contributed by atoms with Crippen LogP contribution in [0.1, 0.15) is 35.7 Å². The number of carboxylic acids is 1. The zero-order valence-electron chi connectivity index (χ0n) is 12.5. The van der Waals surface area contributed by atoms with Gasteiger partial charge in [-0.25, -0.2) is 0 Å². The van der Waals surface area contributed by atoms with E-state index in [1.807, 2.05) is 6.92 Å². The second-order valence-electron chi connectivity index (χ2n) is 5.40. The van der Waals surface area contributed by atoms with E-state index in [9.17, 15) is 14.4 Å². The Hall–Kier alpha value is -2.37. The van der Waals surface area contributed by atoms with Crippen molar-refractivity contribution < 1.29 is 19.5 Å². The lowest BCUT2D eigenvalue weighted by Crippen LogP contribution is -2.43. The summed E-state index contributed by atoms with van der Waals surface area (Å²) in [5.41, 5.74) is 1.44. The maximum absolute atomic E-state index is 11.9. The van der Waals surface area contributed by atoms with Crippen LogP contribution in [0.5, 0.6) is 0 Å². The maximum atomic E-state index is 11.9. The number of carboxylic acid groups (broad SMARTS) is 1. The van der Waals surface area contributed by atoms with Gasteiger partial charge in [-0.3, -0.25) is 14.4 Å². The molecule has 118 valence electrons. The summed E-state index contributed by atoms with van der Waals surface area (Å²) in [6.45, 7) is 2.76. The largest absolute Gasteiger partial charge is 0.481 e. The normalized spacial score (nSPS) is 19.9. The number of hydrogen-bond acceptors (Lipinski definition) is 3. The van der Waals surface area contributed by atoms with Crippen molar-refractivity contribution in [2.24, 2.45) is 11.8 Å². The van der Waals surface area contributed by atoms with Crippen molar-refractivity contribution in [1.82, 2.24) is 10.6 Å². The second kappa shape index (κ2) is 7.06. The van der Waals surface area contributed by atoms with Gasteiger partial charge >= 0.3 is 5.97 Å². The third-order valence-corrected chi connectivity index (χ3v) is 3.95. The number of rotatable bonds is 6. The first kappa shape index (κ1) is 16.0. The fourth-order valence-electron chi connectivity index (χ4n) is 2.47. The van der Waals surface area contributed by atoms with Crippen LogP contribution in [0.2, 0.25) is 0 Å². The molecule has 1 saturated carbocycles. The van der Waals surface area contributed by atoms with Crippen molar-refractivity contribution in [3.63, 3.8) is 0 Å². The van der Waals surface area contributed by atoms with Crippen molar-refractivity contribution in [2.45, 2.75) is 26.3 Å². The van der Waals surface area contributed by atoms with Crippen LogP contribution in [-0.2, 0) is 16.1 Å². The highest BCUT2D eigenvalue weighted by molar-refractivity contribution is 5.94. The third-order valence-electron chi connectivity index (χ3n) is 3.95. The number of hydrogen-bond donors (Lipinski definition) is 3. The van der Waals surface area contributed by atoms with Crippen LogP contribution in [0, 0.1) is 11.8 Å². The summed E-state index contributed by atoms with van der Waals surface area (Å²) in [5, 5.41) is 14.4. The van der Waals surface area contributed by atoms with Crippen molar-refractivity contribution in [1.29, 1.82) is 0 Å². The molecule has 1 fully saturated rings. The van der Waals surface area contributed by atoms with E-state index >= 15 is 0 Å². The summed E-state index contributed by atoms with van der Waals surface area (Å²) < 4.78 is 0. The minimum absolute atomic E-state index is 0.128. The third kappa shape index (κ3) is 3.63. The summed E-state index contributed by atoms with van der Waals surface area (Å²) >= 11 is 0. The predicted octanol–water partition coefficient (Wildman–Crippen LogP) is 1.16. The first-order valence-electron chi connectivity index (χ1n) is 7.40. The minimum atomic E-state index is -0.905. The molecule has 2 rings (SSSR count). The van der Waals surface area contributed by atoms with Gasteiger partial charge in [0, 0.05) is 18.7 Å². The molecule has 0 aliphatic heterocycles. The Balaban J connectivity index is 1.85. The standard InChI is InChI=1S/C16H20N2O4/c1-2-17-14(19)11-5-3-10(4-6-11)9-18-15(20)12-7-8-13(12)16(21)22/h3-6,12-13H,2,7-9H2,1H3,(H,17,19)(H,18,20)(H,21,22). The highest BCUT2D eigenvalue weighted by atomic mass is 16.4. The molecular formula is C16H20N2O4. The van der Waals surface area contributed by atoms with E-state index in [1.54, 1.807) is 24.3 Å². The molecule has 22 heavy (non-hydrogen) atoms.